The Kier molecular flexibility index (Phi) is 2.68. The zero-order valence-electron chi connectivity index (χ0n) is 9.96. The molecule has 0 unspecified atom stereocenters. The summed E-state index contributed by atoms with van der Waals surface area (Å²) in [5.74, 6) is 0. The van der Waals surface area contributed by atoms with E-state index in [9.17, 15) is 9.59 Å². The van der Waals surface area contributed by atoms with E-state index in [1.54, 1.807) is 12.4 Å². The van der Waals surface area contributed by atoms with Crippen LogP contribution in [0.4, 0.5) is 11.4 Å². The van der Waals surface area contributed by atoms with E-state index in [1.807, 2.05) is 36.4 Å². The van der Waals surface area contributed by atoms with Crippen molar-refractivity contribution < 1.29 is 0 Å². The highest BCUT2D eigenvalue weighted by atomic mass is 16.2. The van der Waals surface area contributed by atoms with Gasteiger partial charge in [0.1, 0.15) is 0 Å². The molecule has 0 atom stereocenters. The predicted molar refractivity (Wildman–Crippen MR) is 74.3 cm³/mol. The summed E-state index contributed by atoms with van der Waals surface area (Å²) in [6, 6.07) is 12.8. The maximum Gasteiger partial charge on any atom is 0.249 e. The lowest BCUT2D eigenvalue weighted by atomic mass is 10.1. The summed E-state index contributed by atoms with van der Waals surface area (Å²) >= 11 is 0. The highest BCUT2D eigenvalue weighted by molar-refractivity contribution is 5.71. The van der Waals surface area contributed by atoms with E-state index >= 15 is 0 Å². The Morgan fingerprint density at radius 1 is 0.895 bits per heavy atom. The maximum atomic E-state index is 11.2. The lowest BCUT2D eigenvalue weighted by Gasteiger charge is -2.08. The standard InChI is InChI=1S/C15H10N2O2/c18-14-9-13(15(14)19)17-12-3-1-2-11(8-12)10-4-6-16-7-5-10/h1-9,17H. The summed E-state index contributed by atoms with van der Waals surface area (Å²) in [7, 11) is 0. The Balaban J connectivity index is 1.91. The van der Waals surface area contributed by atoms with E-state index in [4.69, 9.17) is 0 Å². The largest absolute Gasteiger partial charge is 0.352 e. The van der Waals surface area contributed by atoms with Crippen LogP contribution in [-0.2, 0) is 0 Å². The number of benzene rings is 1. The third-order valence-electron chi connectivity index (χ3n) is 2.90. The molecule has 3 rings (SSSR count). The molecule has 0 amide bonds. The fraction of sp³-hybridized carbons (Fsp3) is 0. The smallest absolute Gasteiger partial charge is 0.249 e. The number of hydrogen-bond acceptors (Lipinski definition) is 4. The van der Waals surface area contributed by atoms with Crippen LogP contribution < -0.4 is 16.2 Å². The maximum absolute atomic E-state index is 11.2. The molecule has 19 heavy (non-hydrogen) atoms. The minimum atomic E-state index is -0.464. The first kappa shape index (κ1) is 11.3. The molecule has 0 bridgehead atoms. The quantitative estimate of drug-likeness (QED) is 0.723. The van der Waals surface area contributed by atoms with Gasteiger partial charge in [0.05, 0.1) is 5.69 Å². The molecule has 92 valence electrons. The van der Waals surface area contributed by atoms with Crippen molar-refractivity contribution in [3.8, 4) is 11.1 Å². The van der Waals surface area contributed by atoms with E-state index in [0.717, 1.165) is 16.8 Å². The predicted octanol–water partition coefficient (Wildman–Crippen LogP) is 2.09. The van der Waals surface area contributed by atoms with E-state index in [0.29, 0.717) is 5.69 Å². The van der Waals surface area contributed by atoms with Gasteiger partial charge in [0.25, 0.3) is 0 Å². The Labute approximate surface area is 109 Å². The molecule has 0 fully saturated rings. The van der Waals surface area contributed by atoms with Gasteiger partial charge in [0.2, 0.25) is 10.9 Å². The normalized spacial score (nSPS) is 10.5. The molecular weight excluding hydrogens is 240 g/mol. The molecule has 1 N–H and O–H groups in total. The van der Waals surface area contributed by atoms with Gasteiger partial charge in [-0.2, -0.15) is 0 Å². The fourth-order valence-electron chi connectivity index (χ4n) is 1.89. The highest BCUT2D eigenvalue weighted by Crippen LogP contribution is 2.23. The molecule has 0 aliphatic carbocycles. The Morgan fingerprint density at radius 2 is 1.68 bits per heavy atom. The molecular formula is C15H10N2O2. The van der Waals surface area contributed by atoms with Crippen LogP contribution in [0.5, 0.6) is 0 Å². The van der Waals surface area contributed by atoms with Gasteiger partial charge in [-0.25, -0.2) is 0 Å². The molecule has 2 aromatic carbocycles. The molecule has 0 radical (unpaired) electrons. The molecule has 1 aromatic heterocycles. The summed E-state index contributed by atoms with van der Waals surface area (Å²) in [6.07, 6.45) is 3.46. The van der Waals surface area contributed by atoms with Crippen molar-refractivity contribution in [1.29, 1.82) is 0 Å². The number of aromatic nitrogens is 1. The number of anilines is 2. The van der Waals surface area contributed by atoms with E-state index in [-0.39, 0.29) is 0 Å². The summed E-state index contributed by atoms with van der Waals surface area (Å²) in [5, 5.41) is 2.94. The van der Waals surface area contributed by atoms with Gasteiger partial charge in [-0.15, -0.1) is 0 Å². The first-order valence-electron chi connectivity index (χ1n) is 5.82. The zero-order valence-corrected chi connectivity index (χ0v) is 9.96. The van der Waals surface area contributed by atoms with Crippen LogP contribution in [0.3, 0.4) is 0 Å². The van der Waals surface area contributed by atoms with Crippen LogP contribution in [0, 0.1) is 0 Å². The van der Waals surface area contributed by atoms with Crippen molar-refractivity contribution in [2.75, 3.05) is 5.32 Å². The minimum Gasteiger partial charge on any atom is -0.352 e. The summed E-state index contributed by atoms with van der Waals surface area (Å²) in [4.78, 5) is 26.1. The molecule has 0 spiro atoms. The summed E-state index contributed by atoms with van der Waals surface area (Å²) in [6.45, 7) is 0. The van der Waals surface area contributed by atoms with E-state index in [1.165, 1.54) is 6.07 Å². The SMILES string of the molecule is O=c1cc(Nc2cccc(-c3ccncc3)c2)c1=O. The first-order chi connectivity index (χ1) is 9.24. The van der Waals surface area contributed by atoms with Gasteiger partial charge in [-0.3, -0.25) is 14.6 Å². The van der Waals surface area contributed by atoms with Crippen LogP contribution in [0.2, 0.25) is 0 Å². The third-order valence-corrected chi connectivity index (χ3v) is 2.90. The molecule has 4 nitrogen and oxygen atoms in total. The van der Waals surface area contributed by atoms with Crippen molar-refractivity contribution in [2.45, 2.75) is 0 Å². The number of rotatable bonds is 3. The average Bonchev–Trinajstić information content (AvgIpc) is 2.48. The number of pyridine rings is 1. The van der Waals surface area contributed by atoms with E-state index in [2.05, 4.69) is 10.3 Å². The summed E-state index contributed by atoms with van der Waals surface area (Å²) in [5.41, 5.74) is 2.27. The van der Waals surface area contributed by atoms with Gasteiger partial charge in [-0.05, 0) is 35.4 Å². The zero-order chi connectivity index (χ0) is 13.2. The van der Waals surface area contributed by atoms with Crippen LogP contribution in [0.1, 0.15) is 0 Å². The molecule has 0 aliphatic heterocycles. The molecule has 3 aromatic rings. The number of hydrogen-bond donors (Lipinski definition) is 1. The summed E-state index contributed by atoms with van der Waals surface area (Å²) < 4.78 is 0. The van der Waals surface area contributed by atoms with Gasteiger partial charge in [0, 0.05) is 24.1 Å². The highest BCUT2D eigenvalue weighted by Gasteiger charge is 2.09. The van der Waals surface area contributed by atoms with Crippen molar-refractivity contribution >= 4 is 11.4 Å². The topological polar surface area (TPSA) is 59.1 Å². The Bertz CT molecular complexity index is 787. The molecule has 0 aliphatic rings. The minimum absolute atomic E-state index is 0.344. The van der Waals surface area contributed by atoms with Gasteiger partial charge in [0.15, 0.2) is 0 Å². The van der Waals surface area contributed by atoms with Crippen LogP contribution in [0.15, 0.2) is 64.4 Å². The van der Waals surface area contributed by atoms with Gasteiger partial charge >= 0.3 is 0 Å². The molecule has 1 heterocycles. The van der Waals surface area contributed by atoms with Gasteiger partial charge < -0.3 is 5.32 Å². The molecule has 0 saturated heterocycles. The van der Waals surface area contributed by atoms with Crippen LogP contribution >= 0.6 is 0 Å². The van der Waals surface area contributed by atoms with Crippen molar-refractivity contribution in [3.63, 3.8) is 0 Å². The number of nitrogens with zero attached hydrogens (tertiary/aromatic N) is 1. The number of nitrogens with one attached hydrogen (secondary N) is 1. The van der Waals surface area contributed by atoms with Crippen molar-refractivity contribution in [3.05, 3.63) is 75.3 Å². The monoisotopic (exact) mass is 250 g/mol. The van der Waals surface area contributed by atoms with Crippen molar-refractivity contribution in [1.82, 2.24) is 4.98 Å². The van der Waals surface area contributed by atoms with Crippen LogP contribution in [0.25, 0.3) is 11.1 Å². The van der Waals surface area contributed by atoms with Gasteiger partial charge in [-0.1, -0.05) is 12.1 Å². The molecule has 0 saturated carbocycles. The van der Waals surface area contributed by atoms with Crippen LogP contribution in [-0.4, -0.2) is 4.98 Å². The second kappa shape index (κ2) is 4.49. The Hall–Kier alpha value is -2.75. The Morgan fingerprint density at radius 3 is 2.37 bits per heavy atom. The average molecular weight is 250 g/mol. The van der Waals surface area contributed by atoms with Crippen molar-refractivity contribution in [2.24, 2.45) is 0 Å². The third kappa shape index (κ3) is 2.15. The lowest BCUT2D eigenvalue weighted by Crippen LogP contribution is -2.31. The lowest BCUT2D eigenvalue weighted by molar-refractivity contribution is 1.33. The van der Waals surface area contributed by atoms with E-state index < -0.39 is 10.9 Å². The molecule has 4 heteroatoms. The second-order valence-corrected chi connectivity index (χ2v) is 4.19. The first-order valence-corrected chi connectivity index (χ1v) is 5.82. The second-order valence-electron chi connectivity index (χ2n) is 4.19. The fourth-order valence-corrected chi connectivity index (χ4v) is 1.89.